The largest absolute Gasteiger partial charge is 0.598 e. The number of hydrogen-bond acceptors (Lipinski definition) is 6. The molecule has 0 aliphatic carbocycles. The van der Waals surface area contributed by atoms with Crippen LogP contribution in [-0.4, -0.2) is 57.5 Å². The van der Waals surface area contributed by atoms with Crippen LogP contribution in [0.4, 0.5) is 13.6 Å². The summed E-state index contributed by atoms with van der Waals surface area (Å²) in [5.74, 6) is -3.93. The monoisotopic (exact) mass is 563 g/mol. The molecule has 0 bridgehead atoms. The van der Waals surface area contributed by atoms with E-state index in [9.17, 15) is 23.3 Å². The standard InChI is InChI=1S/C22H28BrF2N3O5S/c1-22(2,3)34(32)27-18(14-10-12(23)4-5-16(14)24)17(25)11-15-19(29)26-21(31)28(20(15)30)13-6-8-33-9-7-13/h4-5,10,13,15,17-18,27H,6-9,11H2,1-3H3,(H,26,29,31)/t15?,17?,18?,34-/m1/s1. The Morgan fingerprint density at radius 1 is 1.29 bits per heavy atom. The molecule has 2 heterocycles. The third-order valence-corrected chi connectivity index (χ3v) is 7.84. The number of amides is 4. The first-order chi connectivity index (χ1) is 15.9. The average Bonchev–Trinajstić information content (AvgIpc) is 2.76. The first-order valence-corrected chi connectivity index (χ1v) is 12.9. The molecule has 1 aromatic carbocycles. The molecule has 0 radical (unpaired) electrons. The van der Waals surface area contributed by atoms with E-state index in [0.717, 1.165) is 11.0 Å². The Labute approximate surface area is 208 Å². The van der Waals surface area contributed by atoms with E-state index in [-0.39, 0.29) is 5.56 Å². The molecule has 2 aliphatic rings. The maximum atomic E-state index is 15.8. The van der Waals surface area contributed by atoms with Crippen molar-refractivity contribution in [2.45, 2.75) is 63.0 Å². The molecule has 8 nitrogen and oxygen atoms in total. The van der Waals surface area contributed by atoms with E-state index in [1.807, 2.05) is 0 Å². The number of barbiturate groups is 1. The Bertz CT molecular complexity index is 942. The molecule has 12 heteroatoms. The van der Waals surface area contributed by atoms with Gasteiger partial charge in [-0.3, -0.25) is 19.8 Å². The number of rotatable bonds is 7. The molecular formula is C22H28BrF2N3O5S. The molecule has 2 fully saturated rings. The van der Waals surface area contributed by atoms with Gasteiger partial charge in [-0.25, -0.2) is 13.6 Å². The number of carbonyl (C=O) groups excluding carboxylic acids is 3. The van der Waals surface area contributed by atoms with E-state index >= 15 is 4.39 Å². The number of imide groups is 2. The second-order valence-electron chi connectivity index (χ2n) is 9.29. The van der Waals surface area contributed by atoms with Crippen LogP contribution in [0.15, 0.2) is 22.7 Å². The zero-order valence-corrected chi connectivity index (χ0v) is 21.5. The molecule has 2 saturated heterocycles. The maximum absolute atomic E-state index is 15.8. The molecule has 3 unspecified atom stereocenters. The quantitative estimate of drug-likeness (QED) is 0.389. The maximum Gasteiger partial charge on any atom is 0.331 e. The van der Waals surface area contributed by atoms with Gasteiger partial charge in [0.1, 0.15) is 28.7 Å². The number of ether oxygens (including phenoxy) is 1. The summed E-state index contributed by atoms with van der Waals surface area (Å²) in [6.45, 7) is 5.74. The van der Waals surface area contributed by atoms with Gasteiger partial charge in [0, 0.05) is 47.1 Å². The first-order valence-electron chi connectivity index (χ1n) is 10.9. The van der Waals surface area contributed by atoms with Crippen molar-refractivity contribution in [2.75, 3.05) is 13.2 Å². The molecule has 0 saturated carbocycles. The minimum atomic E-state index is -1.97. The van der Waals surface area contributed by atoms with E-state index in [1.165, 1.54) is 12.1 Å². The van der Waals surface area contributed by atoms with E-state index in [0.29, 0.717) is 30.5 Å². The second kappa shape index (κ2) is 11.0. The predicted molar refractivity (Wildman–Crippen MR) is 125 cm³/mol. The number of nitrogens with one attached hydrogen (secondary N) is 2. The second-order valence-corrected chi connectivity index (χ2v) is 12.2. The summed E-state index contributed by atoms with van der Waals surface area (Å²) in [5.41, 5.74) is -0.0968. The van der Waals surface area contributed by atoms with Crippen molar-refractivity contribution in [3.8, 4) is 0 Å². The van der Waals surface area contributed by atoms with Crippen LogP contribution in [0.2, 0.25) is 0 Å². The minimum Gasteiger partial charge on any atom is -0.598 e. The fourth-order valence-electron chi connectivity index (χ4n) is 3.87. The lowest BCUT2D eigenvalue weighted by atomic mass is 9.91. The summed E-state index contributed by atoms with van der Waals surface area (Å²) in [4.78, 5) is 39.0. The van der Waals surface area contributed by atoms with Crippen LogP contribution in [0.1, 0.15) is 51.6 Å². The van der Waals surface area contributed by atoms with Crippen LogP contribution in [0.3, 0.4) is 0 Å². The fraction of sp³-hybridized carbons (Fsp3) is 0.591. The molecule has 2 aliphatic heterocycles. The summed E-state index contributed by atoms with van der Waals surface area (Å²) in [6, 6.07) is 1.24. The van der Waals surface area contributed by atoms with Gasteiger partial charge in [0.2, 0.25) is 11.8 Å². The Kier molecular flexibility index (Phi) is 8.72. The number of urea groups is 1. The lowest BCUT2D eigenvalue weighted by Gasteiger charge is -2.38. The fourth-order valence-corrected chi connectivity index (χ4v) is 5.11. The van der Waals surface area contributed by atoms with Crippen molar-refractivity contribution >= 4 is 45.1 Å². The van der Waals surface area contributed by atoms with Crippen LogP contribution in [0.25, 0.3) is 0 Å². The molecule has 0 aromatic heterocycles. The number of benzene rings is 1. The predicted octanol–water partition coefficient (Wildman–Crippen LogP) is 3.28. The molecular weight excluding hydrogens is 536 g/mol. The average molecular weight is 564 g/mol. The van der Waals surface area contributed by atoms with Gasteiger partial charge in [-0.15, -0.1) is 4.72 Å². The van der Waals surface area contributed by atoms with Crippen LogP contribution in [0, 0.1) is 11.7 Å². The van der Waals surface area contributed by atoms with Gasteiger partial charge in [-0.2, -0.15) is 0 Å². The van der Waals surface area contributed by atoms with Gasteiger partial charge in [-0.05, 0) is 51.8 Å². The zero-order valence-electron chi connectivity index (χ0n) is 19.1. The lowest BCUT2D eigenvalue weighted by molar-refractivity contribution is -0.146. The Hall–Kier alpha value is -1.60. The molecule has 2 N–H and O–H groups in total. The summed E-state index contributed by atoms with van der Waals surface area (Å²) in [5, 5.41) is 2.13. The van der Waals surface area contributed by atoms with Gasteiger partial charge in [0.05, 0.1) is 0 Å². The number of alkyl halides is 1. The van der Waals surface area contributed by atoms with Crippen LogP contribution in [0.5, 0.6) is 0 Å². The molecule has 4 amide bonds. The topological polar surface area (TPSA) is 111 Å². The van der Waals surface area contributed by atoms with Gasteiger partial charge < -0.3 is 9.29 Å². The number of nitrogens with zero attached hydrogens (tertiary/aromatic N) is 1. The summed E-state index contributed by atoms with van der Waals surface area (Å²) in [6.07, 6.45) is -1.77. The first kappa shape index (κ1) is 27.0. The van der Waals surface area contributed by atoms with Gasteiger partial charge in [0.15, 0.2) is 0 Å². The highest BCUT2D eigenvalue weighted by Gasteiger charge is 2.46. The molecule has 4 atom stereocenters. The number of halogens is 3. The number of hydrogen-bond donors (Lipinski definition) is 2. The highest BCUT2D eigenvalue weighted by atomic mass is 79.9. The van der Waals surface area contributed by atoms with Gasteiger partial charge >= 0.3 is 6.03 Å². The smallest absolute Gasteiger partial charge is 0.331 e. The minimum absolute atomic E-state index is 0.0968. The van der Waals surface area contributed by atoms with Crippen molar-refractivity contribution < 1.29 is 32.5 Å². The van der Waals surface area contributed by atoms with Gasteiger partial charge in [0.25, 0.3) is 0 Å². The Morgan fingerprint density at radius 3 is 2.56 bits per heavy atom. The molecule has 3 rings (SSSR count). The van der Waals surface area contributed by atoms with E-state index in [2.05, 4.69) is 26.0 Å². The van der Waals surface area contributed by atoms with Crippen LogP contribution < -0.4 is 10.0 Å². The summed E-state index contributed by atoms with van der Waals surface area (Å²) in [7, 11) is 0. The van der Waals surface area contributed by atoms with Crippen molar-refractivity contribution in [3.05, 3.63) is 34.1 Å². The SMILES string of the molecule is CC(C)(C)[S@@+]([O-])NC(c1cc(Br)ccc1F)C(F)CC1C(=O)NC(=O)N(C2CCOCC2)C1=O. The summed E-state index contributed by atoms with van der Waals surface area (Å²) < 4.78 is 50.8. The third kappa shape index (κ3) is 6.14. The zero-order chi connectivity index (χ0) is 25.2. The van der Waals surface area contributed by atoms with Crippen molar-refractivity contribution in [1.29, 1.82) is 0 Å². The highest BCUT2D eigenvalue weighted by Crippen LogP contribution is 2.33. The molecule has 34 heavy (non-hydrogen) atoms. The molecule has 188 valence electrons. The third-order valence-electron chi connectivity index (χ3n) is 5.76. The van der Waals surface area contributed by atoms with Crippen LogP contribution >= 0.6 is 15.9 Å². The van der Waals surface area contributed by atoms with Crippen molar-refractivity contribution in [1.82, 2.24) is 14.9 Å². The van der Waals surface area contributed by atoms with Gasteiger partial charge in [-0.1, -0.05) is 15.9 Å². The Balaban J connectivity index is 1.87. The summed E-state index contributed by atoms with van der Waals surface area (Å²) >= 11 is 1.45. The van der Waals surface area contributed by atoms with E-state index in [1.54, 1.807) is 20.8 Å². The molecule has 1 aromatic rings. The lowest BCUT2D eigenvalue weighted by Crippen LogP contribution is -2.62. The van der Waals surface area contributed by atoms with E-state index < -0.39 is 70.4 Å². The van der Waals surface area contributed by atoms with Crippen molar-refractivity contribution in [3.63, 3.8) is 0 Å². The number of carbonyl (C=O) groups is 3. The highest BCUT2D eigenvalue weighted by molar-refractivity contribution is 9.10. The molecule has 0 spiro atoms. The van der Waals surface area contributed by atoms with Crippen molar-refractivity contribution in [2.24, 2.45) is 5.92 Å². The normalized spacial score (nSPS) is 23.0. The van der Waals surface area contributed by atoms with Crippen LogP contribution in [-0.2, 0) is 25.7 Å². The van der Waals surface area contributed by atoms with E-state index in [4.69, 9.17) is 4.74 Å². The Morgan fingerprint density at radius 2 is 1.94 bits per heavy atom.